The molecule has 19 heavy (non-hydrogen) atoms. The molecule has 1 aromatic rings. The minimum Gasteiger partial charge on any atom is -0.398 e. The minimum absolute atomic E-state index is 0.0913. The van der Waals surface area contributed by atoms with Crippen LogP contribution in [0.25, 0.3) is 0 Å². The van der Waals surface area contributed by atoms with Gasteiger partial charge in [0, 0.05) is 31.2 Å². The number of nitrogens with one attached hydrogen (secondary N) is 1. The lowest BCUT2D eigenvalue weighted by atomic mass is 10.0. The number of nitrogen functional groups attached to an aromatic ring is 1. The number of fused-ring (bicyclic) bond motifs is 1. The highest BCUT2D eigenvalue weighted by Gasteiger charge is 2.39. The molecule has 3 rings (SSSR count). The van der Waals surface area contributed by atoms with Gasteiger partial charge in [0.1, 0.15) is 6.04 Å². The van der Waals surface area contributed by atoms with E-state index in [4.69, 9.17) is 7.10 Å². The van der Waals surface area contributed by atoms with E-state index in [9.17, 15) is 14.4 Å². The highest BCUT2D eigenvalue weighted by atomic mass is 16.2. The van der Waals surface area contributed by atoms with Crippen molar-refractivity contribution in [3.8, 4) is 0 Å². The molecule has 2 heterocycles. The summed E-state index contributed by atoms with van der Waals surface area (Å²) in [4.78, 5) is 36.8. The number of nitrogens with zero attached hydrogens (tertiary/aromatic N) is 1. The van der Waals surface area contributed by atoms with E-state index in [1.54, 1.807) is 18.2 Å². The molecule has 1 saturated heterocycles. The summed E-state index contributed by atoms with van der Waals surface area (Å²) < 4.78 is 7.90. The number of imide groups is 1. The normalized spacial score (nSPS) is 27.1. The summed E-state index contributed by atoms with van der Waals surface area (Å²) >= 11 is 0. The van der Waals surface area contributed by atoms with Crippen molar-refractivity contribution in [2.75, 3.05) is 5.73 Å². The van der Waals surface area contributed by atoms with Crippen LogP contribution in [0, 0.1) is 0 Å². The lowest BCUT2D eigenvalue weighted by molar-refractivity contribution is -0.136. The summed E-state index contributed by atoms with van der Waals surface area (Å²) in [6.07, 6.45) is -1.04. The predicted octanol–water partition coefficient (Wildman–Crippen LogP) is 0.0298. The number of hydrogen-bond acceptors (Lipinski definition) is 4. The molecule has 0 aliphatic carbocycles. The van der Waals surface area contributed by atoms with Gasteiger partial charge in [0.25, 0.3) is 5.91 Å². The molecule has 6 heteroatoms. The largest absolute Gasteiger partial charge is 0.398 e. The standard InChI is InChI=1S/C13H13N3O3/c14-9-3-1-2-7-8(9)6-16(13(7)19)10-4-5-11(17)15-12(10)18/h1-3,10H,4-6,14H2,(H,15,17,18)/i4D. The van der Waals surface area contributed by atoms with Crippen LogP contribution in [0.2, 0.25) is 0 Å². The quantitative estimate of drug-likeness (QED) is 0.550. The second-order valence-electron chi connectivity index (χ2n) is 4.60. The number of amides is 3. The van der Waals surface area contributed by atoms with Crippen molar-refractivity contribution >= 4 is 23.4 Å². The molecule has 0 saturated carbocycles. The van der Waals surface area contributed by atoms with Gasteiger partial charge >= 0.3 is 0 Å². The molecular weight excluding hydrogens is 246 g/mol. The Morgan fingerprint density at radius 3 is 2.84 bits per heavy atom. The van der Waals surface area contributed by atoms with Gasteiger partial charge in [-0.1, -0.05) is 6.07 Å². The van der Waals surface area contributed by atoms with E-state index in [0.717, 1.165) is 0 Å². The molecule has 0 radical (unpaired) electrons. The number of hydrogen-bond donors (Lipinski definition) is 2. The predicted molar refractivity (Wildman–Crippen MR) is 66.9 cm³/mol. The summed E-state index contributed by atoms with van der Waals surface area (Å²) in [5.74, 6) is -1.39. The van der Waals surface area contributed by atoms with E-state index < -0.39 is 24.3 Å². The Morgan fingerprint density at radius 1 is 1.37 bits per heavy atom. The van der Waals surface area contributed by atoms with Crippen molar-refractivity contribution in [3.63, 3.8) is 0 Å². The smallest absolute Gasteiger partial charge is 0.255 e. The fraction of sp³-hybridized carbons (Fsp3) is 0.308. The Hall–Kier alpha value is -2.37. The lowest BCUT2D eigenvalue weighted by Gasteiger charge is -2.29. The van der Waals surface area contributed by atoms with Crippen LogP contribution in [0.1, 0.15) is 30.1 Å². The molecule has 1 aromatic carbocycles. The van der Waals surface area contributed by atoms with Gasteiger partial charge < -0.3 is 10.6 Å². The van der Waals surface area contributed by atoms with Crippen molar-refractivity contribution in [2.45, 2.75) is 25.4 Å². The van der Waals surface area contributed by atoms with Gasteiger partial charge in [-0.2, -0.15) is 0 Å². The van der Waals surface area contributed by atoms with Crippen LogP contribution in [-0.4, -0.2) is 28.7 Å². The number of benzene rings is 1. The molecule has 2 aliphatic rings. The summed E-state index contributed by atoms with van der Waals surface area (Å²) in [6, 6.07) is 4.07. The third-order valence-electron chi connectivity index (χ3n) is 3.43. The molecule has 2 atom stereocenters. The van der Waals surface area contributed by atoms with E-state index in [1.165, 1.54) is 4.90 Å². The molecule has 0 aromatic heterocycles. The van der Waals surface area contributed by atoms with Crippen molar-refractivity contribution in [2.24, 2.45) is 0 Å². The highest BCUT2D eigenvalue weighted by Crippen LogP contribution is 2.30. The molecule has 2 aliphatic heterocycles. The highest BCUT2D eigenvalue weighted by molar-refractivity contribution is 6.06. The first-order valence-electron chi connectivity index (χ1n) is 6.51. The van der Waals surface area contributed by atoms with Crippen molar-refractivity contribution in [1.29, 1.82) is 0 Å². The van der Waals surface area contributed by atoms with E-state index in [1.807, 2.05) is 0 Å². The van der Waals surface area contributed by atoms with Gasteiger partial charge in [-0.05, 0) is 18.5 Å². The maximum absolute atomic E-state index is 12.3. The van der Waals surface area contributed by atoms with Crippen molar-refractivity contribution < 1.29 is 15.8 Å². The zero-order chi connectivity index (χ0) is 14.4. The maximum Gasteiger partial charge on any atom is 0.255 e. The van der Waals surface area contributed by atoms with Gasteiger partial charge in [-0.15, -0.1) is 0 Å². The average molecular weight is 260 g/mol. The topological polar surface area (TPSA) is 92.5 Å². The third kappa shape index (κ3) is 1.76. The molecule has 1 fully saturated rings. The van der Waals surface area contributed by atoms with E-state index in [0.29, 0.717) is 16.8 Å². The first kappa shape index (κ1) is 10.5. The Balaban J connectivity index is 1.94. The summed E-state index contributed by atoms with van der Waals surface area (Å²) in [5.41, 5.74) is 7.47. The number of anilines is 1. The number of carbonyl (C=O) groups excluding carboxylic acids is 3. The molecular formula is C13H13N3O3. The average Bonchev–Trinajstić information content (AvgIpc) is 2.68. The molecule has 0 bridgehead atoms. The van der Waals surface area contributed by atoms with Crippen LogP contribution in [0.3, 0.4) is 0 Å². The SMILES string of the molecule is [2H]C1CC(=O)NC(=O)C1N1Cc2c(N)cccc2C1=O. The lowest BCUT2D eigenvalue weighted by Crippen LogP contribution is -2.52. The van der Waals surface area contributed by atoms with Gasteiger partial charge in [-0.25, -0.2) is 0 Å². The maximum atomic E-state index is 12.3. The Morgan fingerprint density at radius 2 is 2.16 bits per heavy atom. The number of nitrogens with two attached hydrogens (primary N) is 1. The molecule has 6 nitrogen and oxygen atoms in total. The Kier molecular flexibility index (Phi) is 2.26. The van der Waals surface area contributed by atoms with Crippen LogP contribution in [0.15, 0.2) is 18.2 Å². The molecule has 3 N–H and O–H groups in total. The van der Waals surface area contributed by atoms with Crippen LogP contribution in [0.5, 0.6) is 0 Å². The first-order chi connectivity index (χ1) is 9.49. The zero-order valence-electron chi connectivity index (χ0n) is 11.1. The number of rotatable bonds is 1. The van der Waals surface area contributed by atoms with Gasteiger partial charge in [0.15, 0.2) is 0 Å². The Bertz CT molecular complexity index is 631. The summed E-state index contributed by atoms with van der Waals surface area (Å²) in [7, 11) is 0. The summed E-state index contributed by atoms with van der Waals surface area (Å²) in [6.45, 7) is 0.197. The monoisotopic (exact) mass is 260 g/mol. The minimum atomic E-state index is -0.952. The van der Waals surface area contributed by atoms with E-state index in [-0.39, 0.29) is 18.9 Å². The molecule has 3 amide bonds. The van der Waals surface area contributed by atoms with Gasteiger partial charge in [-0.3, -0.25) is 19.7 Å². The number of carbonyl (C=O) groups is 3. The second-order valence-corrected chi connectivity index (χ2v) is 4.60. The molecule has 2 unspecified atom stereocenters. The summed E-state index contributed by atoms with van der Waals surface area (Å²) in [5, 5.41) is 2.18. The first-order valence-corrected chi connectivity index (χ1v) is 5.93. The van der Waals surface area contributed by atoms with E-state index >= 15 is 0 Å². The van der Waals surface area contributed by atoms with Crippen LogP contribution < -0.4 is 11.1 Å². The zero-order valence-corrected chi connectivity index (χ0v) is 10.1. The third-order valence-corrected chi connectivity index (χ3v) is 3.43. The Labute approximate surface area is 111 Å². The van der Waals surface area contributed by atoms with Gasteiger partial charge in [0.05, 0.1) is 0 Å². The molecule has 0 spiro atoms. The second kappa shape index (κ2) is 4.08. The van der Waals surface area contributed by atoms with E-state index in [2.05, 4.69) is 5.32 Å². The van der Waals surface area contributed by atoms with Crippen molar-refractivity contribution in [3.05, 3.63) is 29.3 Å². The van der Waals surface area contributed by atoms with Crippen LogP contribution in [-0.2, 0) is 16.1 Å². The van der Waals surface area contributed by atoms with Crippen LogP contribution in [0.4, 0.5) is 5.69 Å². The fourth-order valence-corrected chi connectivity index (χ4v) is 2.46. The van der Waals surface area contributed by atoms with Crippen LogP contribution >= 0.6 is 0 Å². The van der Waals surface area contributed by atoms with Crippen molar-refractivity contribution in [1.82, 2.24) is 10.2 Å². The van der Waals surface area contributed by atoms with Gasteiger partial charge in [0.2, 0.25) is 11.8 Å². The molecule has 98 valence electrons. The number of piperidine rings is 1. The fourth-order valence-electron chi connectivity index (χ4n) is 2.46.